The second kappa shape index (κ2) is 13.5. The zero-order valence-corrected chi connectivity index (χ0v) is 25.8. The maximum atomic E-state index is 12.5. The molecule has 11 nitrogen and oxygen atoms in total. The Morgan fingerprint density at radius 2 is 2.05 bits per heavy atom. The van der Waals surface area contributed by atoms with Crippen LogP contribution in [0.1, 0.15) is 37.4 Å². The van der Waals surface area contributed by atoms with Gasteiger partial charge in [0, 0.05) is 44.7 Å². The number of carbonyl (C=O) groups excluding carboxylic acids is 1. The molecule has 11 heteroatoms. The minimum Gasteiger partial charge on any atom is -0.494 e. The van der Waals surface area contributed by atoms with Crippen LogP contribution in [0.5, 0.6) is 17.5 Å². The molecule has 1 amide bonds. The molecule has 2 fully saturated rings. The number of piperazine rings is 1. The number of hydrogen-bond donors (Lipinski definition) is 0. The van der Waals surface area contributed by atoms with Crippen LogP contribution in [0.15, 0.2) is 30.9 Å². The minimum absolute atomic E-state index is 0.139. The molecule has 2 unspecified atom stereocenters. The predicted octanol–water partition coefficient (Wildman–Crippen LogP) is 3.08. The van der Waals surface area contributed by atoms with Crippen molar-refractivity contribution in [3.8, 4) is 23.6 Å². The van der Waals surface area contributed by atoms with E-state index in [2.05, 4.69) is 48.4 Å². The van der Waals surface area contributed by atoms with Gasteiger partial charge in [-0.15, -0.1) is 0 Å². The lowest BCUT2D eigenvalue weighted by atomic mass is 10.0. The van der Waals surface area contributed by atoms with Gasteiger partial charge in [-0.2, -0.15) is 15.2 Å². The van der Waals surface area contributed by atoms with Gasteiger partial charge in [-0.3, -0.25) is 4.79 Å². The Hall–Kier alpha value is -4.04. The van der Waals surface area contributed by atoms with Gasteiger partial charge in [0.2, 0.25) is 5.91 Å². The van der Waals surface area contributed by atoms with Crippen molar-refractivity contribution in [2.75, 3.05) is 70.3 Å². The number of benzene rings is 1. The lowest BCUT2D eigenvalue weighted by molar-refractivity contribution is -0.128. The topological polar surface area (TPSA) is 107 Å². The number of amides is 1. The zero-order chi connectivity index (χ0) is 30.5. The summed E-state index contributed by atoms with van der Waals surface area (Å²) in [7, 11) is 5.85. The Morgan fingerprint density at radius 1 is 1.21 bits per heavy atom. The predicted molar refractivity (Wildman–Crippen MR) is 165 cm³/mol. The van der Waals surface area contributed by atoms with Gasteiger partial charge in [0.05, 0.1) is 37.9 Å². The quantitative estimate of drug-likeness (QED) is 0.384. The molecule has 3 atom stereocenters. The molecule has 1 aromatic carbocycles. The highest BCUT2D eigenvalue weighted by atomic mass is 16.5. The lowest BCUT2D eigenvalue weighted by Crippen LogP contribution is -2.55. The number of rotatable bonds is 10. The van der Waals surface area contributed by atoms with Gasteiger partial charge in [0.25, 0.3) is 0 Å². The van der Waals surface area contributed by atoms with Crippen LogP contribution in [-0.2, 0) is 17.6 Å². The van der Waals surface area contributed by atoms with Gasteiger partial charge in [0.15, 0.2) is 0 Å². The number of anilines is 2. The first-order valence-corrected chi connectivity index (χ1v) is 15.2. The van der Waals surface area contributed by atoms with Crippen molar-refractivity contribution in [3.05, 3.63) is 42.1 Å². The van der Waals surface area contributed by atoms with E-state index >= 15 is 0 Å². The highest BCUT2D eigenvalue weighted by Gasteiger charge is 2.33. The maximum absolute atomic E-state index is 12.5. The summed E-state index contributed by atoms with van der Waals surface area (Å²) in [5.41, 5.74) is 2.88. The first-order chi connectivity index (χ1) is 20.9. The molecule has 3 aliphatic rings. The summed E-state index contributed by atoms with van der Waals surface area (Å²) in [6.45, 7) is 9.59. The first-order valence-electron chi connectivity index (χ1n) is 15.2. The highest BCUT2D eigenvalue weighted by Crippen LogP contribution is 2.41. The molecular weight excluding hydrogens is 546 g/mol. The number of aromatic nitrogens is 2. The van der Waals surface area contributed by atoms with Crippen LogP contribution in [0.2, 0.25) is 0 Å². The summed E-state index contributed by atoms with van der Waals surface area (Å²) in [6.07, 6.45) is 4.96. The molecule has 5 rings (SSSR count). The van der Waals surface area contributed by atoms with E-state index in [1.54, 1.807) is 12.0 Å². The maximum Gasteiger partial charge on any atom is 0.318 e. The summed E-state index contributed by atoms with van der Waals surface area (Å²) in [6, 6.07) is 8.53. The number of ether oxygens (including phenoxy) is 3. The molecule has 2 saturated heterocycles. The van der Waals surface area contributed by atoms with Crippen molar-refractivity contribution >= 4 is 17.4 Å². The van der Waals surface area contributed by atoms with Crippen molar-refractivity contribution in [3.63, 3.8) is 0 Å². The number of hydrogen-bond acceptors (Lipinski definition) is 10. The third kappa shape index (κ3) is 6.49. The highest BCUT2D eigenvalue weighted by molar-refractivity contribution is 5.87. The molecule has 0 aliphatic carbocycles. The van der Waals surface area contributed by atoms with E-state index in [1.165, 1.54) is 6.08 Å². The van der Waals surface area contributed by atoms with Gasteiger partial charge in [0.1, 0.15) is 35.7 Å². The summed E-state index contributed by atoms with van der Waals surface area (Å²) < 4.78 is 18.4. The van der Waals surface area contributed by atoms with E-state index in [0.29, 0.717) is 51.3 Å². The molecule has 3 aliphatic heterocycles. The van der Waals surface area contributed by atoms with Crippen molar-refractivity contribution in [2.24, 2.45) is 0 Å². The summed E-state index contributed by atoms with van der Waals surface area (Å²) >= 11 is 0. The third-order valence-electron chi connectivity index (χ3n) is 8.80. The van der Waals surface area contributed by atoms with Crippen LogP contribution < -0.4 is 24.0 Å². The van der Waals surface area contributed by atoms with Crippen molar-refractivity contribution in [1.82, 2.24) is 19.8 Å². The molecule has 0 spiro atoms. The first kappa shape index (κ1) is 30.4. The Kier molecular flexibility index (Phi) is 9.56. The Bertz CT molecular complexity index is 1360. The summed E-state index contributed by atoms with van der Waals surface area (Å²) in [5.74, 6) is 2.22. The lowest BCUT2D eigenvalue weighted by Gasteiger charge is -2.41. The third-order valence-corrected chi connectivity index (χ3v) is 8.80. The molecule has 4 heterocycles. The number of likely N-dealkylation sites (tertiary alicyclic amines) is 1. The average molecular weight is 590 g/mol. The number of carbonyl (C=O) groups is 1. The fourth-order valence-corrected chi connectivity index (χ4v) is 6.52. The molecular formula is C32H43N7O4. The Labute approximate surface area is 254 Å². The van der Waals surface area contributed by atoms with Crippen molar-refractivity contribution in [1.29, 1.82) is 5.26 Å². The van der Waals surface area contributed by atoms with Gasteiger partial charge in [-0.05, 0) is 51.1 Å². The van der Waals surface area contributed by atoms with Crippen LogP contribution in [0.25, 0.3) is 0 Å². The second-order valence-corrected chi connectivity index (χ2v) is 11.5. The number of nitriles is 1. The number of para-hydroxylation sites is 1. The van der Waals surface area contributed by atoms with Crippen LogP contribution in [0, 0.1) is 11.3 Å². The fourth-order valence-electron chi connectivity index (χ4n) is 6.52. The normalized spacial score (nSPS) is 22.0. The molecule has 0 bridgehead atoms. The van der Waals surface area contributed by atoms with E-state index in [1.807, 2.05) is 18.2 Å². The number of fused-ring (bicyclic) bond motifs is 1. The van der Waals surface area contributed by atoms with Crippen molar-refractivity contribution < 1.29 is 19.0 Å². The van der Waals surface area contributed by atoms with Gasteiger partial charge in [-0.1, -0.05) is 19.6 Å². The number of likely N-dealkylation sites (N-methyl/N-ethyl adjacent to an activating group) is 2. The molecule has 0 radical (unpaired) electrons. The zero-order valence-electron chi connectivity index (χ0n) is 25.8. The minimum atomic E-state index is -0.259. The van der Waals surface area contributed by atoms with Gasteiger partial charge < -0.3 is 33.8 Å². The Balaban J connectivity index is 1.46. The standard InChI is InChI=1S/C32H43N7O4/c1-6-25-26(18-24-20-37(4)30-27(41-5)11-8-12-28(30)43-24)34-32(42-21-23-10-9-15-36(23)3)35-31(25)38-16-17-39(29(40)7-2)22(19-38)13-14-33/h7-8,11-12,22-24H,2,6,9-10,13,15-21H2,1,3-5H3/t22?,23?,24-/m1/s1. The molecule has 1 aromatic heterocycles. The van der Waals surface area contributed by atoms with Crippen LogP contribution in [0.4, 0.5) is 11.5 Å². The molecule has 0 N–H and O–H groups in total. The Morgan fingerprint density at radius 3 is 2.74 bits per heavy atom. The van der Waals surface area contributed by atoms with E-state index < -0.39 is 0 Å². The smallest absolute Gasteiger partial charge is 0.318 e. The van der Waals surface area contributed by atoms with E-state index in [0.717, 1.165) is 60.1 Å². The van der Waals surface area contributed by atoms with Gasteiger partial charge in [-0.25, -0.2) is 0 Å². The van der Waals surface area contributed by atoms with Gasteiger partial charge >= 0.3 is 6.01 Å². The van der Waals surface area contributed by atoms with E-state index in [-0.39, 0.29) is 24.5 Å². The summed E-state index contributed by atoms with van der Waals surface area (Å²) in [4.78, 5) is 30.9. The van der Waals surface area contributed by atoms with E-state index in [4.69, 9.17) is 24.2 Å². The SMILES string of the molecule is C=CC(=O)N1CCN(c2nc(OCC3CCCN3C)nc(C[C@@H]3CN(C)c4c(OC)cccc4O3)c2CC)CC1CC#N. The number of methoxy groups -OCH3 is 1. The van der Waals surface area contributed by atoms with Crippen LogP contribution in [-0.4, -0.2) is 104 Å². The summed E-state index contributed by atoms with van der Waals surface area (Å²) in [5, 5.41) is 9.53. The number of nitrogens with zero attached hydrogens (tertiary/aromatic N) is 7. The monoisotopic (exact) mass is 589 g/mol. The second-order valence-electron chi connectivity index (χ2n) is 11.5. The molecule has 0 saturated carbocycles. The molecule has 43 heavy (non-hydrogen) atoms. The molecule has 2 aromatic rings. The van der Waals surface area contributed by atoms with Crippen LogP contribution >= 0.6 is 0 Å². The average Bonchev–Trinajstić information content (AvgIpc) is 3.43. The van der Waals surface area contributed by atoms with Crippen molar-refractivity contribution in [2.45, 2.75) is 57.2 Å². The largest absolute Gasteiger partial charge is 0.494 e. The molecule has 230 valence electrons. The fraction of sp³-hybridized carbons (Fsp3) is 0.562. The van der Waals surface area contributed by atoms with E-state index in [9.17, 15) is 10.1 Å². The van der Waals surface area contributed by atoms with Crippen LogP contribution in [0.3, 0.4) is 0 Å².